The Labute approximate surface area is 220 Å². The van der Waals surface area contributed by atoms with Gasteiger partial charge in [-0.1, -0.05) is 24.3 Å². The Morgan fingerprint density at radius 3 is 2.57 bits per heavy atom. The highest BCUT2D eigenvalue weighted by Gasteiger charge is 2.36. The maximum Gasteiger partial charge on any atom is 0.417 e. The molecule has 2 heterocycles. The summed E-state index contributed by atoms with van der Waals surface area (Å²) in [6.07, 6.45) is -3.10. The molecule has 0 radical (unpaired) electrons. The zero-order valence-electron chi connectivity index (χ0n) is 19.6. The van der Waals surface area contributed by atoms with Crippen molar-refractivity contribution in [3.8, 4) is 6.07 Å². The lowest BCUT2D eigenvalue weighted by atomic mass is 9.96. The summed E-state index contributed by atoms with van der Waals surface area (Å²) in [5, 5.41) is 14.1. The van der Waals surface area contributed by atoms with Crippen molar-refractivity contribution in [2.24, 2.45) is 0 Å². The molecule has 1 aliphatic rings. The molecule has 0 saturated carbocycles. The second-order valence-corrected chi connectivity index (χ2v) is 10.4. The number of nitriles is 1. The molecule has 37 heavy (non-hydrogen) atoms. The van der Waals surface area contributed by atoms with Gasteiger partial charge in [-0.2, -0.15) is 18.4 Å². The van der Waals surface area contributed by atoms with Gasteiger partial charge in [0.25, 0.3) is 11.8 Å². The minimum Gasteiger partial charge on any atom is -0.339 e. The zero-order valence-corrected chi connectivity index (χ0v) is 21.3. The van der Waals surface area contributed by atoms with Crippen LogP contribution in [0.3, 0.4) is 0 Å². The summed E-state index contributed by atoms with van der Waals surface area (Å²) in [5.41, 5.74) is -0.333. The lowest BCUT2D eigenvalue weighted by molar-refractivity contribution is -0.138. The lowest BCUT2D eigenvalue weighted by Crippen LogP contribution is -2.38. The van der Waals surface area contributed by atoms with Crippen molar-refractivity contribution in [2.45, 2.75) is 36.3 Å². The molecule has 1 saturated heterocycles. The van der Waals surface area contributed by atoms with Crippen LogP contribution >= 0.6 is 23.1 Å². The van der Waals surface area contributed by atoms with E-state index in [0.29, 0.717) is 43.8 Å². The Bertz CT molecular complexity index is 1310. The molecule has 0 atom stereocenters. The van der Waals surface area contributed by atoms with Crippen LogP contribution in [0.15, 0.2) is 58.8 Å². The Morgan fingerprint density at radius 2 is 1.84 bits per heavy atom. The second kappa shape index (κ2) is 11.8. The lowest BCUT2D eigenvalue weighted by Gasteiger charge is -2.31. The minimum atomic E-state index is -4.60. The molecule has 0 spiro atoms. The number of amides is 2. The topological polar surface area (TPSA) is 86.1 Å². The minimum absolute atomic E-state index is 0.0160. The van der Waals surface area contributed by atoms with Crippen molar-refractivity contribution < 1.29 is 22.8 Å². The van der Waals surface area contributed by atoms with Gasteiger partial charge in [0.05, 0.1) is 27.9 Å². The van der Waals surface area contributed by atoms with Crippen LogP contribution in [0.2, 0.25) is 0 Å². The first kappa shape index (κ1) is 26.7. The van der Waals surface area contributed by atoms with E-state index < -0.39 is 17.6 Å². The average molecular weight is 545 g/mol. The number of anilines is 1. The van der Waals surface area contributed by atoms with E-state index in [2.05, 4.69) is 16.4 Å². The van der Waals surface area contributed by atoms with Gasteiger partial charge >= 0.3 is 6.18 Å². The largest absolute Gasteiger partial charge is 0.417 e. The third-order valence-electron chi connectivity index (χ3n) is 5.96. The second-order valence-electron chi connectivity index (χ2n) is 8.39. The number of benzene rings is 2. The highest BCUT2D eigenvalue weighted by molar-refractivity contribution is 7.99. The maximum absolute atomic E-state index is 13.3. The number of thiazole rings is 1. The number of carbonyl (C=O) groups is 2. The number of alkyl halides is 3. The summed E-state index contributed by atoms with van der Waals surface area (Å²) in [6, 6.07) is 14.3. The highest BCUT2D eigenvalue weighted by atomic mass is 32.2. The van der Waals surface area contributed by atoms with Crippen molar-refractivity contribution in [1.82, 2.24) is 9.88 Å². The number of nitrogens with one attached hydrogen (secondary N) is 1. The number of aromatic nitrogens is 1. The van der Waals surface area contributed by atoms with Crippen LogP contribution in [0.5, 0.6) is 0 Å². The molecule has 0 aliphatic carbocycles. The quantitative estimate of drug-likeness (QED) is 0.273. The van der Waals surface area contributed by atoms with Gasteiger partial charge in [0.2, 0.25) is 0 Å². The molecular weight excluding hydrogens is 521 g/mol. The Balaban J connectivity index is 1.37. The van der Waals surface area contributed by atoms with Crippen molar-refractivity contribution in [3.05, 3.63) is 75.7 Å². The van der Waals surface area contributed by atoms with Crippen LogP contribution < -0.4 is 5.32 Å². The molecule has 11 heteroatoms. The third kappa shape index (κ3) is 6.50. The number of halogens is 3. The number of nitrogens with zero attached hydrogens (tertiary/aromatic N) is 3. The summed E-state index contributed by atoms with van der Waals surface area (Å²) < 4.78 is 40.0. The first-order valence-electron chi connectivity index (χ1n) is 11.6. The standard InChI is InChI=1S/C26H23F3N4O2S2/c27-26(28,29)19-7-2-1-6-18(19)25(35)33-13-10-17(11-14-33)24-32-21(16-37-24)23(34)31-20-8-3-4-9-22(20)36-15-5-12-30/h1-4,6-9,16-17H,5,10-11,13-15H2,(H,31,34). The number of hydrogen-bond donors (Lipinski definition) is 1. The molecule has 2 aromatic carbocycles. The number of para-hydroxylation sites is 1. The third-order valence-corrected chi connectivity index (χ3v) is 8.04. The molecule has 3 aromatic rings. The molecule has 1 aromatic heterocycles. The number of likely N-dealkylation sites (tertiary alicyclic amines) is 1. The van der Waals surface area contributed by atoms with Gasteiger partial charge in [-0.15, -0.1) is 23.1 Å². The maximum atomic E-state index is 13.3. The van der Waals surface area contributed by atoms with E-state index in [1.54, 1.807) is 11.4 Å². The molecule has 0 unspecified atom stereocenters. The van der Waals surface area contributed by atoms with E-state index in [9.17, 15) is 22.8 Å². The molecule has 1 N–H and O–H groups in total. The van der Waals surface area contributed by atoms with Crippen LogP contribution in [0.25, 0.3) is 0 Å². The highest BCUT2D eigenvalue weighted by Crippen LogP contribution is 2.35. The van der Waals surface area contributed by atoms with Gasteiger partial charge in [-0.25, -0.2) is 4.98 Å². The SMILES string of the molecule is N#CCCSc1ccccc1NC(=O)c1csc(C2CCN(C(=O)c3ccccc3C(F)(F)F)CC2)n1. The fourth-order valence-corrected chi connectivity index (χ4v) is 5.92. The number of rotatable bonds is 7. The van der Waals surface area contributed by atoms with Crippen LogP contribution in [0.4, 0.5) is 18.9 Å². The van der Waals surface area contributed by atoms with E-state index in [-0.39, 0.29) is 23.1 Å². The molecule has 2 amide bonds. The molecule has 0 bridgehead atoms. The van der Waals surface area contributed by atoms with Crippen molar-refractivity contribution in [1.29, 1.82) is 5.26 Å². The van der Waals surface area contributed by atoms with Gasteiger partial charge in [-0.3, -0.25) is 9.59 Å². The number of thioether (sulfide) groups is 1. The van der Waals surface area contributed by atoms with E-state index in [4.69, 9.17) is 5.26 Å². The molecular formula is C26H23F3N4O2S2. The van der Waals surface area contributed by atoms with Crippen molar-refractivity contribution in [3.63, 3.8) is 0 Å². The summed E-state index contributed by atoms with van der Waals surface area (Å²) >= 11 is 2.85. The number of piperidine rings is 1. The summed E-state index contributed by atoms with van der Waals surface area (Å²) in [4.78, 5) is 32.5. The molecule has 192 valence electrons. The van der Waals surface area contributed by atoms with Crippen LogP contribution in [-0.2, 0) is 6.18 Å². The summed E-state index contributed by atoms with van der Waals surface area (Å²) in [7, 11) is 0. The predicted molar refractivity (Wildman–Crippen MR) is 137 cm³/mol. The van der Waals surface area contributed by atoms with E-state index in [1.165, 1.54) is 46.2 Å². The monoisotopic (exact) mass is 544 g/mol. The van der Waals surface area contributed by atoms with E-state index in [1.807, 2.05) is 18.2 Å². The van der Waals surface area contributed by atoms with Gasteiger partial charge in [0.1, 0.15) is 5.69 Å². The van der Waals surface area contributed by atoms with E-state index in [0.717, 1.165) is 16.0 Å². The van der Waals surface area contributed by atoms with Crippen molar-refractivity contribution in [2.75, 3.05) is 24.2 Å². The molecule has 1 aliphatic heterocycles. The fourth-order valence-electron chi connectivity index (χ4n) is 4.08. The molecule has 1 fully saturated rings. The van der Waals surface area contributed by atoms with Gasteiger partial charge in [0.15, 0.2) is 0 Å². The smallest absolute Gasteiger partial charge is 0.339 e. The van der Waals surface area contributed by atoms with Crippen molar-refractivity contribution >= 4 is 40.6 Å². The summed E-state index contributed by atoms with van der Waals surface area (Å²) in [6.45, 7) is 0.619. The molecule has 4 rings (SSSR count). The number of hydrogen-bond acceptors (Lipinski definition) is 6. The predicted octanol–water partition coefficient (Wildman–Crippen LogP) is 6.44. The van der Waals surface area contributed by atoms with Crippen LogP contribution in [0.1, 0.15) is 56.6 Å². The van der Waals surface area contributed by atoms with Gasteiger partial charge in [0, 0.05) is 41.5 Å². The normalized spacial score (nSPS) is 14.3. The summed E-state index contributed by atoms with van der Waals surface area (Å²) in [5.74, 6) is -0.334. The van der Waals surface area contributed by atoms with Crippen LogP contribution in [0, 0.1) is 11.3 Å². The van der Waals surface area contributed by atoms with Crippen LogP contribution in [-0.4, -0.2) is 40.5 Å². The molecule has 6 nitrogen and oxygen atoms in total. The van der Waals surface area contributed by atoms with E-state index >= 15 is 0 Å². The Morgan fingerprint density at radius 1 is 1.14 bits per heavy atom. The van der Waals surface area contributed by atoms with Gasteiger partial charge < -0.3 is 10.2 Å². The Kier molecular flexibility index (Phi) is 8.51. The first-order valence-corrected chi connectivity index (χ1v) is 13.5. The first-order chi connectivity index (χ1) is 17.8. The number of carbonyl (C=O) groups excluding carboxylic acids is 2. The zero-order chi connectivity index (χ0) is 26.4. The van der Waals surface area contributed by atoms with Gasteiger partial charge in [-0.05, 0) is 37.1 Å². The average Bonchev–Trinajstić information content (AvgIpc) is 3.40. The fraction of sp³-hybridized carbons (Fsp3) is 0.308. The Hall–Kier alpha value is -3.36.